The minimum absolute atomic E-state index is 0.00690. The zero-order valence-corrected chi connectivity index (χ0v) is 27.8. The van der Waals surface area contributed by atoms with Crippen LogP contribution in [0.25, 0.3) is 10.9 Å². The third-order valence-electron chi connectivity index (χ3n) is 8.60. The lowest BCUT2D eigenvalue weighted by Gasteiger charge is -2.43. The third kappa shape index (κ3) is 7.15. The fraction of sp³-hybridized carbons (Fsp3) is 0.412. The maximum Gasteiger partial charge on any atom is 0.270 e. The number of amides is 1. The topological polar surface area (TPSA) is 99.5 Å². The summed E-state index contributed by atoms with van der Waals surface area (Å²) in [5.74, 6) is 0.0165. The van der Waals surface area contributed by atoms with Crippen LogP contribution in [0.3, 0.4) is 0 Å². The Labute approximate surface area is 262 Å². The van der Waals surface area contributed by atoms with E-state index in [1.165, 1.54) is 10.4 Å². The van der Waals surface area contributed by atoms with Gasteiger partial charge in [0.25, 0.3) is 24.3 Å². The number of aromatic nitrogens is 2. The summed E-state index contributed by atoms with van der Waals surface area (Å²) in [4.78, 5) is 13.8. The monoisotopic (exact) mass is 633 g/mol. The number of benzene rings is 3. The number of nitrogens with zero attached hydrogens (tertiary/aromatic N) is 2. The minimum atomic E-state index is -3.46. The van der Waals surface area contributed by atoms with Crippen LogP contribution in [0.15, 0.2) is 84.9 Å². The third-order valence-corrected chi connectivity index (χ3v) is 14.2. The first-order valence-corrected chi connectivity index (χ1v) is 19.1. The quantitative estimate of drug-likeness (QED) is 0.187. The number of carbonyl (C=O) groups excluding carboxylic acids is 1. The summed E-state index contributed by atoms with van der Waals surface area (Å²) in [6.07, 6.45) is 4.21. The van der Waals surface area contributed by atoms with Crippen LogP contribution in [0.5, 0.6) is 0 Å². The maximum atomic E-state index is 13.8. The van der Waals surface area contributed by atoms with Crippen LogP contribution in [-0.2, 0) is 25.3 Å². The second kappa shape index (κ2) is 13.4. The van der Waals surface area contributed by atoms with Gasteiger partial charge in [0.05, 0.1) is 31.5 Å². The van der Waals surface area contributed by atoms with Gasteiger partial charge in [0, 0.05) is 11.4 Å². The molecule has 1 saturated carbocycles. The highest BCUT2D eigenvalue weighted by Crippen LogP contribution is 2.37. The van der Waals surface area contributed by atoms with Crippen molar-refractivity contribution in [3.8, 4) is 0 Å². The van der Waals surface area contributed by atoms with E-state index in [4.69, 9.17) is 13.7 Å². The second-order valence-corrected chi connectivity index (χ2v) is 18.7. The van der Waals surface area contributed by atoms with Crippen molar-refractivity contribution in [1.82, 2.24) is 15.1 Å². The average Bonchev–Trinajstić information content (AvgIpc) is 3.37. The Bertz CT molecular complexity index is 1620. The summed E-state index contributed by atoms with van der Waals surface area (Å²) >= 11 is 0. The molecule has 1 heterocycles. The number of carbonyl (C=O) groups is 1. The Hall–Kier alpha value is -3.31. The number of fused-ring (bicyclic) bond motifs is 1. The van der Waals surface area contributed by atoms with Gasteiger partial charge in [-0.1, -0.05) is 99.6 Å². The zero-order chi connectivity index (χ0) is 31.4. The van der Waals surface area contributed by atoms with E-state index < -0.39 is 18.4 Å². The molecule has 1 aliphatic carbocycles. The van der Waals surface area contributed by atoms with E-state index in [9.17, 15) is 13.2 Å². The number of rotatable bonds is 11. The fourth-order valence-corrected chi connectivity index (χ4v) is 11.5. The van der Waals surface area contributed by atoms with Crippen molar-refractivity contribution in [3.05, 3.63) is 90.6 Å². The molecule has 3 aromatic carbocycles. The van der Waals surface area contributed by atoms with Crippen LogP contribution in [0.1, 0.15) is 56.9 Å². The molecule has 1 N–H and O–H groups in total. The molecule has 5 rings (SSSR count). The number of hydrogen-bond acceptors (Lipinski definition) is 6. The molecule has 1 fully saturated rings. The minimum Gasteiger partial charge on any atom is -0.406 e. The van der Waals surface area contributed by atoms with Crippen molar-refractivity contribution >= 4 is 45.6 Å². The van der Waals surface area contributed by atoms with Gasteiger partial charge in [-0.05, 0) is 53.1 Å². The molecule has 1 aliphatic rings. The van der Waals surface area contributed by atoms with Crippen molar-refractivity contribution in [3.63, 3.8) is 0 Å². The molecule has 0 atom stereocenters. The molecule has 10 heteroatoms. The summed E-state index contributed by atoms with van der Waals surface area (Å²) in [6.45, 7) is 7.78. The maximum absolute atomic E-state index is 13.8. The van der Waals surface area contributed by atoms with Gasteiger partial charge in [0.15, 0.2) is 0 Å². The van der Waals surface area contributed by atoms with Gasteiger partial charge in [-0.3, -0.25) is 13.7 Å². The highest BCUT2D eigenvalue weighted by Gasteiger charge is 2.50. The Balaban J connectivity index is 1.36. The smallest absolute Gasteiger partial charge is 0.270 e. The number of hydrogen-bond donors (Lipinski definition) is 1. The molecule has 8 nitrogen and oxygen atoms in total. The van der Waals surface area contributed by atoms with Crippen molar-refractivity contribution in [2.75, 3.05) is 19.5 Å². The van der Waals surface area contributed by atoms with Crippen molar-refractivity contribution < 1.29 is 21.8 Å². The lowest BCUT2D eigenvalue weighted by atomic mass is 9.86. The predicted octanol–water partition coefficient (Wildman–Crippen LogP) is 4.88. The molecule has 1 amide bonds. The second-order valence-electron chi connectivity index (χ2n) is 12.8. The zero-order valence-electron chi connectivity index (χ0n) is 26.0. The summed E-state index contributed by atoms with van der Waals surface area (Å²) in [5.41, 5.74) is 1.30. The summed E-state index contributed by atoms with van der Waals surface area (Å²) in [5, 5.41) is 11.1. The molecular weight excluding hydrogens is 591 g/mol. The fourth-order valence-electron chi connectivity index (χ4n) is 6.48. The van der Waals surface area contributed by atoms with Crippen molar-refractivity contribution in [2.45, 2.75) is 64.1 Å². The molecule has 0 saturated heterocycles. The van der Waals surface area contributed by atoms with Gasteiger partial charge in [-0.15, -0.1) is 0 Å². The Morgan fingerprint density at radius 3 is 2.05 bits per heavy atom. The molecule has 4 aromatic rings. The molecule has 0 spiro atoms. The lowest BCUT2D eigenvalue weighted by molar-refractivity contribution is 0.0906. The van der Waals surface area contributed by atoms with Crippen LogP contribution in [0.4, 0.5) is 0 Å². The van der Waals surface area contributed by atoms with Crippen LogP contribution in [0, 0.1) is 5.92 Å². The molecule has 234 valence electrons. The van der Waals surface area contributed by atoms with E-state index in [2.05, 4.69) is 74.6 Å². The van der Waals surface area contributed by atoms with E-state index in [0.29, 0.717) is 18.8 Å². The van der Waals surface area contributed by atoms with E-state index in [0.717, 1.165) is 42.8 Å². The molecule has 0 unspecified atom stereocenters. The highest BCUT2D eigenvalue weighted by atomic mass is 32.2. The van der Waals surface area contributed by atoms with Crippen molar-refractivity contribution in [1.29, 1.82) is 0 Å². The van der Waals surface area contributed by atoms with Gasteiger partial charge in [0.2, 0.25) is 0 Å². The SMILES string of the molecule is CC(C)(C)[Si](OCCn1nc2ccccc2c1C(=O)NC1CCC(COS(C)(=O)=O)CC1)(c1ccccc1)c1ccccc1. The summed E-state index contributed by atoms with van der Waals surface area (Å²) < 4.78 is 36.7. The molecule has 0 radical (unpaired) electrons. The first kappa shape index (κ1) is 32.1. The van der Waals surface area contributed by atoms with Gasteiger partial charge >= 0.3 is 0 Å². The van der Waals surface area contributed by atoms with Crippen LogP contribution in [-0.4, -0.2) is 57.9 Å². The van der Waals surface area contributed by atoms with Gasteiger partial charge in [0.1, 0.15) is 5.69 Å². The van der Waals surface area contributed by atoms with Gasteiger partial charge < -0.3 is 9.74 Å². The normalized spacial score (nSPS) is 17.9. The predicted molar refractivity (Wildman–Crippen MR) is 177 cm³/mol. The van der Waals surface area contributed by atoms with E-state index in [1.54, 1.807) is 4.68 Å². The molecular formula is C34H43N3O5SSi. The average molecular weight is 634 g/mol. The molecule has 0 aliphatic heterocycles. The Morgan fingerprint density at radius 1 is 0.909 bits per heavy atom. The van der Waals surface area contributed by atoms with Gasteiger partial charge in [-0.2, -0.15) is 13.5 Å². The Kier molecular flexibility index (Phi) is 9.74. The highest BCUT2D eigenvalue weighted by molar-refractivity contribution is 7.85. The van der Waals surface area contributed by atoms with Crippen LogP contribution < -0.4 is 15.7 Å². The van der Waals surface area contributed by atoms with E-state index in [1.807, 2.05) is 36.4 Å². The number of nitrogens with one attached hydrogen (secondary N) is 1. The summed E-state index contributed by atoms with van der Waals surface area (Å²) in [6, 6.07) is 28.8. The summed E-state index contributed by atoms with van der Waals surface area (Å²) in [7, 11) is -6.19. The Morgan fingerprint density at radius 2 is 1.48 bits per heavy atom. The van der Waals surface area contributed by atoms with Crippen LogP contribution >= 0.6 is 0 Å². The largest absolute Gasteiger partial charge is 0.406 e. The van der Waals surface area contributed by atoms with E-state index >= 15 is 0 Å². The molecule has 44 heavy (non-hydrogen) atoms. The first-order chi connectivity index (χ1) is 21.0. The molecule has 0 bridgehead atoms. The first-order valence-electron chi connectivity index (χ1n) is 15.3. The standard InChI is InChI=1S/C34H43N3O5SSi/c1-34(2,3)44(28-13-7-5-8-14-28,29-15-9-6-10-16-29)42-24-23-37-32(30-17-11-12-18-31(30)36-37)33(38)35-27-21-19-26(20-22-27)25-41-43(4,39)40/h5-18,26-27H,19-25H2,1-4H3,(H,35,38). The van der Waals surface area contributed by atoms with Gasteiger partial charge in [-0.25, -0.2) is 0 Å². The van der Waals surface area contributed by atoms with Crippen molar-refractivity contribution in [2.24, 2.45) is 5.92 Å². The lowest BCUT2D eigenvalue weighted by Crippen LogP contribution is -2.66. The molecule has 1 aromatic heterocycles. The van der Waals surface area contributed by atoms with Crippen LogP contribution in [0.2, 0.25) is 5.04 Å². The van der Waals surface area contributed by atoms with E-state index in [-0.39, 0.29) is 29.5 Å².